The van der Waals surface area contributed by atoms with Crippen LogP contribution in [0.5, 0.6) is 5.75 Å². The van der Waals surface area contributed by atoms with Crippen LogP contribution in [0.15, 0.2) is 57.7 Å². The van der Waals surface area contributed by atoms with Gasteiger partial charge in [-0.1, -0.05) is 50.2 Å². The third kappa shape index (κ3) is 3.48. The standard InChI is InChI=1S/C21H20O4/c1-13(2)14-7-9-15(10-8-14)18(22)12-17-11-16-5-4-6-19(24-3)20(16)25-21(17)23/h4-11,13H,12H2,1-3H3. The van der Waals surface area contributed by atoms with E-state index in [-0.39, 0.29) is 12.2 Å². The number of ketones is 1. The van der Waals surface area contributed by atoms with Gasteiger partial charge in [-0.3, -0.25) is 4.79 Å². The molecule has 1 heterocycles. The van der Waals surface area contributed by atoms with E-state index in [1.165, 1.54) is 12.7 Å². The molecule has 0 radical (unpaired) electrons. The number of carbonyl (C=O) groups is 1. The van der Waals surface area contributed by atoms with E-state index in [1.807, 2.05) is 36.4 Å². The van der Waals surface area contributed by atoms with Crippen LogP contribution in [-0.2, 0) is 6.42 Å². The Bertz CT molecular complexity index is 965. The minimum Gasteiger partial charge on any atom is -0.493 e. The quantitative estimate of drug-likeness (QED) is 0.513. The molecule has 0 aliphatic rings. The lowest BCUT2D eigenvalue weighted by Crippen LogP contribution is -2.13. The molecule has 4 heteroatoms. The van der Waals surface area contributed by atoms with E-state index in [2.05, 4.69) is 13.8 Å². The van der Waals surface area contributed by atoms with Gasteiger partial charge in [-0.2, -0.15) is 0 Å². The maximum absolute atomic E-state index is 12.5. The van der Waals surface area contributed by atoms with Crippen molar-refractivity contribution in [3.63, 3.8) is 0 Å². The normalized spacial score (nSPS) is 11.0. The molecule has 3 aromatic rings. The Labute approximate surface area is 146 Å². The Kier molecular flexibility index (Phi) is 4.70. The highest BCUT2D eigenvalue weighted by molar-refractivity contribution is 5.98. The van der Waals surface area contributed by atoms with Gasteiger partial charge < -0.3 is 9.15 Å². The lowest BCUT2D eigenvalue weighted by molar-refractivity contribution is 0.0992. The summed E-state index contributed by atoms with van der Waals surface area (Å²) in [5, 5.41) is 0.733. The van der Waals surface area contributed by atoms with Crippen molar-refractivity contribution in [1.82, 2.24) is 0 Å². The lowest BCUT2D eigenvalue weighted by Gasteiger charge is -2.07. The smallest absolute Gasteiger partial charge is 0.340 e. The largest absolute Gasteiger partial charge is 0.493 e. The zero-order valence-corrected chi connectivity index (χ0v) is 14.5. The van der Waals surface area contributed by atoms with Crippen LogP contribution in [0.25, 0.3) is 11.0 Å². The molecule has 0 unspecified atom stereocenters. The highest BCUT2D eigenvalue weighted by Gasteiger charge is 2.14. The molecular weight excluding hydrogens is 316 g/mol. The molecule has 0 amide bonds. The van der Waals surface area contributed by atoms with Gasteiger partial charge in [0.05, 0.1) is 7.11 Å². The van der Waals surface area contributed by atoms with Crippen LogP contribution in [0, 0.1) is 0 Å². The van der Waals surface area contributed by atoms with Crippen LogP contribution in [0.4, 0.5) is 0 Å². The number of ether oxygens (including phenoxy) is 1. The fourth-order valence-corrected chi connectivity index (χ4v) is 2.77. The summed E-state index contributed by atoms with van der Waals surface area (Å²) in [7, 11) is 1.52. The first-order valence-electron chi connectivity index (χ1n) is 8.22. The summed E-state index contributed by atoms with van der Waals surface area (Å²) in [6, 6.07) is 14.6. The molecule has 0 aliphatic heterocycles. The van der Waals surface area contributed by atoms with Gasteiger partial charge >= 0.3 is 5.63 Å². The number of hydrogen-bond acceptors (Lipinski definition) is 4. The number of rotatable bonds is 5. The van der Waals surface area contributed by atoms with Gasteiger partial charge in [-0.15, -0.1) is 0 Å². The summed E-state index contributed by atoms with van der Waals surface area (Å²) in [6.07, 6.45) is 0.0104. The first-order chi connectivity index (χ1) is 12.0. The van der Waals surface area contributed by atoms with Gasteiger partial charge in [0.25, 0.3) is 0 Å². The number of Topliss-reactive ketones (excluding diaryl/α,β-unsaturated/α-hetero) is 1. The van der Waals surface area contributed by atoms with Crippen molar-refractivity contribution in [2.24, 2.45) is 0 Å². The van der Waals surface area contributed by atoms with Crippen LogP contribution in [0.1, 0.15) is 41.3 Å². The molecule has 25 heavy (non-hydrogen) atoms. The Balaban J connectivity index is 1.90. The average molecular weight is 336 g/mol. The molecule has 0 saturated heterocycles. The van der Waals surface area contributed by atoms with Crippen molar-refractivity contribution in [3.05, 3.63) is 75.6 Å². The monoisotopic (exact) mass is 336 g/mol. The molecule has 3 rings (SSSR count). The number of hydrogen-bond donors (Lipinski definition) is 0. The summed E-state index contributed by atoms with van der Waals surface area (Å²) in [5.41, 5.74) is 2.00. The second kappa shape index (κ2) is 6.93. The van der Waals surface area contributed by atoms with Crippen molar-refractivity contribution >= 4 is 16.8 Å². The van der Waals surface area contributed by atoms with E-state index in [1.54, 1.807) is 12.1 Å². The molecule has 2 aromatic carbocycles. The number of benzene rings is 2. The lowest BCUT2D eigenvalue weighted by atomic mass is 9.98. The van der Waals surface area contributed by atoms with Gasteiger partial charge in [0, 0.05) is 22.9 Å². The van der Waals surface area contributed by atoms with Crippen LogP contribution >= 0.6 is 0 Å². The highest BCUT2D eigenvalue weighted by atomic mass is 16.5. The molecule has 128 valence electrons. The van der Waals surface area contributed by atoms with Gasteiger partial charge in [0.15, 0.2) is 17.1 Å². The molecule has 0 saturated carbocycles. The number of fused-ring (bicyclic) bond motifs is 1. The first-order valence-corrected chi connectivity index (χ1v) is 8.22. The van der Waals surface area contributed by atoms with E-state index in [4.69, 9.17) is 9.15 Å². The minimum atomic E-state index is -0.510. The fraction of sp³-hybridized carbons (Fsp3) is 0.238. The van der Waals surface area contributed by atoms with Crippen molar-refractivity contribution < 1.29 is 13.9 Å². The second-order valence-electron chi connectivity index (χ2n) is 6.31. The Morgan fingerprint density at radius 1 is 1.12 bits per heavy atom. The average Bonchev–Trinajstić information content (AvgIpc) is 2.62. The van der Waals surface area contributed by atoms with E-state index in [0.717, 1.165) is 5.39 Å². The Morgan fingerprint density at radius 2 is 1.84 bits per heavy atom. The molecule has 0 bridgehead atoms. The molecule has 4 nitrogen and oxygen atoms in total. The van der Waals surface area contributed by atoms with Crippen LogP contribution < -0.4 is 10.4 Å². The third-order valence-electron chi connectivity index (χ3n) is 4.27. The topological polar surface area (TPSA) is 56.5 Å². The van der Waals surface area contributed by atoms with Crippen LogP contribution in [0.3, 0.4) is 0 Å². The van der Waals surface area contributed by atoms with Gasteiger partial charge in [0.1, 0.15) is 0 Å². The van der Waals surface area contributed by atoms with E-state index in [9.17, 15) is 9.59 Å². The van der Waals surface area contributed by atoms with Gasteiger partial charge in [-0.05, 0) is 23.6 Å². The van der Waals surface area contributed by atoms with Gasteiger partial charge in [0.2, 0.25) is 0 Å². The fourth-order valence-electron chi connectivity index (χ4n) is 2.77. The first kappa shape index (κ1) is 17.0. The maximum Gasteiger partial charge on any atom is 0.340 e. The zero-order valence-electron chi connectivity index (χ0n) is 14.5. The van der Waals surface area contributed by atoms with E-state index < -0.39 is 5.63 Å². The van der Waals surface area contributed by atoms with Crippen molar-refractivity contribution in [3.8, 4) is 5.75 Å². The highest BCUT2D eigenvalue weighted by Crippen LogP contribution is 2.24. The Morgan fingerprint density at radius 3 is 2.48 bits per heavy atom. The predicted octanol–water partition coefficient (Wildman–Crippen LogP) is 4.35. The number of para-hydroxylation sites is 1. The summed E-state index contributed by atoms with van der Waals surface area (Å²) >= 11 is 0. The van der Waals surface area contributed by atoms with Crippen LogP contribution in [0.2, 0.25) is 0 Å². The summed E-state index contributed by atoms with van der Waals surface area (Å²) in [5.74, 6) is 0.799. The SMILES string of the molecule is COc1cccc2cc(CC(=O)c3ccc(C(C)C)cc3)c(=O)oc12. The minimum absolute atomic E-state index is 0.0104. The summed E-state index contributed by atoms with van der Waals surface area (Å²) in [4.78, 5) is 24.7. The zero-order chi connectivity index (χ0) is 18.0. The van der Waals surface area contributed by atoms with Crippen molar-refractivity contribution in [2.45, 2.75) is 26.2 Å². The molecule has 0 atom stereocenters. The molecule has 0 spiro atoms. The second-order valence-corrected chi connectivity index (χ2v) is 6.31. The summed E-state index contributed by atoms with van der Waals surface area (Å²) < 4.78 is 10.6. The number of methoxy groups -OCH3 is 1. The Hall–Kier alpha value is -2.88. The molecule has 0 aliphatic carbocycles. The van der Waals surface area contributed by atoms with Crippen molar-refractivity contribution in [2.75, 3.05) is 7.11 Å². The predicted molar refractivity (Wildman–Crippen MR) is 97.6 cm³/mol. The maximum atomic E-state index is 12.5. The molecule has 0 N–H and O–H groups in total. The molecule has 1 aromatic heterocycles. The molecular formula is C21H20O4. The third-order valence-corrected chi connectivity index (χ3v) is 4.27. The van der Waals surface area contributed by atoms with Crippen molar-refractivity contribution in [1.29, 1.82) is 0 Å². The van der Waals surface area contributed by atoms with Gasteiger partial charge in [-0.25, -0.2) is 4.79 Å². The molecule has 0 fully saturated rings. The van der Waals surface area contributed by atoms with E-state index >= 15 is 0 Å². The van der Waals surface area contributed by atoms with Crippen LogP contribution in [-0.4, -0.2) is 12.9 Å². The van der Waals surface area contributed by atoms with E-state index in [0.29, 0.717) is 28.4 Å². The number of carbonyl (C=O) groups excluding carboxylic acids is 1. The summed E-state index contributed by atoms with van der Waals surface area (Å²) in [6.45, 7) is 4.21.